The topological polar surface area (TPSA) is 0 Å². The first-order chi connectivity index (χ1) is 1.41. The quantitative estimate of drug-likeness (QED) is 0.273. The zero-order chi connectivity index (χ0) is 2.71. The molecule has 0 aliphatic heterocycles. The third kappa shape index (κ3) is 10.5. The molecule has 0 atom stereocenters. The minimum absolute atomic E-state index is 0. The van der Waals surface area contributed by atoms with Crippen LogP contribution in [0.25, 0.3) is 0 Å². The van der Waals surface area contributed by atoms with E-state index in [-0.39, 0.29) is 25.9 Å². The minimum Gasteiger partial charge on any atom is -0.181 e. The Labute approximate surface area is 47.0 Å². The molecule has 0 nitrogen and oxygen atoms in total. The van der Waals surface area contributed by atoms with Gasteiger partial charge in [-0.05, 0) is 0 Å². The summed E-state index contributed by atoms with van der Waals surface area (Å²) in [7, 11) is 1.30. The average molecular weight is 173 g/mol. The van der Waals surface area contributed by atoms with Crippen molar-refractivity contribution in [2.24, 2.45) is 0 Å². The van der Waals surface area contributed by atoms with E-state index in [9.17, 15) is 0 Å². The molecule has 4 heavy (non-hydrogen) atoms. The van der Waals surface area contributed by atoms with Gasteiger partial charge in [-0.1, -0.05) is 0 Å². The third-order valence-electron chi connectivity index (χ3n) is 0. The third-order valence-corrected chi connectivity index (χ3v) is 0. The fourth-order valence-electron chi connectivity index (χ4n) is 0. The molecule has 0 aromatic rings. The molecule has 0 aromatic carbocycles. The van der Waals surface area contributed by atoms with Crippen molar-refractivity contribution >= 4 is 46.8 Å². The van der Waals surface area contributed by atoms with E-state index >= 15 is 0 Å². The zero-order valence-electron chi connectivity index (χ0n) is 2.09. The van der Waals surface area contributed by atoms with Crippen LogP contribution in [0.2, 0.25) is 0 Å². The summed E-state index contributed by atoms with van der Waals surface area (Å²) in [5, 5.41) is 0. The van der Waals surface area contributed by atoms with Crippen LogP contribution in [0.5, 0.6) is 0 Å². The SMILES string of the molecule is [GeH4].[SiH3][SiH2]Cl. The molecule has 0 N–H and O–H groups in total. The van der Waals surface area contributed by atoms with Gasteiger partial charge < -0.3 is 0 Å². The summed E-state index contributed by atoms with van der Waals surface area (Å²) in [6, 6.07) is 0. The molecule has 0 fully saturated rings. The van der Waals surface area contributed by atoms with E-state index in [4.69, 9.17) is 11.1 Å². The molecule has 0 aliphatic carbocycles. The molecular formula is H9ClGeSi2. The van der Waals surface area contributed by atoms with Crippen molar-refractivity contribution in [3.05, 3.63) is 0 Å². The molecule has 0 aliphatic rings. The van der Waals surface area contributed by atoms with Gasteiger partial charge in [0.2, 0.25) is 0 Å². The Bertz CT molecular complexity index is 6.00. The van der Waals surface area contributed by atoms with E-state index in [0.29, 0.717) is 0 Å². The molecule has 4 heteroatoms. The summed E-state index contributed by atoms with van der Waals surface area (Å²) in [5.74, 6) is 0. The molecule has 28 valence electrons. The molecule has 0 saturated heterocycles. The predicted octanol–water partition coefficient (Wildman–Crippen LogP) is -2.86. The summed E-state index contributed by atoms with van der Waals surface area (Å²) in [6.07, 6.45) is 0. The number of rotatable bonds is 0. The fraction of sp³-hybridized carbons (Fsp3) is 0. The monoisotopic (exact) mass is 174 g/mol. The van der Waals surface area contributed by atoms with Crippen molar-refractivity contribution in [2.75, 3.05) is 0 Å². The molecule has 0 amide bonds. The molecule has 0 unspecified atom stereocenters. The first-order valence-electron chi connectivity index (χ1n) is 0.974. The van der Waals surface area contributed by atoms with Crippen molar-refractivity contribution in [3.63, 3.8) is 0 Å². The van der Waals surface area contributed by atoms with Gasteiger partial charge in [0.25, 0.3) is 0 Å². The van der Waals surface area contributed by atoms with Crippen LogP contribution in [0.15, 0.2) is 0 Å². The Morgan fingerprint density at radius 3 is 1.75 bits per heavy atom. The summed E-state index contributed by atoms with van der Waals surface area (Å²) in [5.41, 5.74) is 0. The van der Waals surface area contributed by atoms with Crippen LogP contribution in [0.4, 0.5) is 0 Å². The maximum Gasteiger partial charge on any atom is 0.106 e. The van der Waals surface area contributed by atoms with E-state index in [0.717, 1.165) is 0 Å². The van der Waals surface area contributed by atoms with Crippen LogP contribution < -0.4 is 0 Å². The first kappa shape index (κ1) is 8.98. The molecule has 0 heterocycles. The Hall–Kier alpha value is 1.27. The molecule has 0 radical (unpaired) electrons. The standard InChI is InChI=1S/ClH5Si2.GeH4/c1-3-2;/h3H2,2H3;1H4. The fourth-order valence-corrected chi connectivity index (χ4v) is 0. The van der Waals surface area contributed by atoms with Crippen molar-refractivity contribution in [3.8, 4) is 0 Å². The Morgan fingerprint density at radius 1 is 1.75 bits per heavy atom. The van der Waals surface area contributed by atoms with E-state index < -0.39 is 0 Å². The number of hydrogen-bond donors (Lipinski definition) is 0. The minimum atomic E-state index is 0. The van der Waals surface area contributed by atoms with Gasteiger partial charge in [0.05, 0.1) is 0 Å². The van der Waals surface area contributed by atoms with Crippen LogP contribution in [0.1, 0.15) is 0 Å². The van der Waals surface area contributed by atoms with Gasteiger partial charge in [0.1, 0.15) is 8.35 Å². The first-order valence-corrected chi connectivity index (χ1v) is 8.77. The summed E-state index contributed by atoms with van der Waals surface area (Å²) < 4.78 is 0. The number of hydrogen-bond acceptors (Lipinski definition) is 0. The molecular weight excluding hydrogens is 164 g/mol. The van der Waals surface area contributed by atoms with Crippen LogP contribution in [-0.2, 0) is 0 Å². The van der Waals surface area contributed by atoms with Gasteiger partial charge in [-0.3, -0.25) is 0 Å². The maximum absolute atomic E-state index is 5.20. The number of halogens is 1. The molecule has 0 spiro atoms. The van der Waals surface area contributed by atoms with Gasteiger partial charge in [0, 0.05) is 9.76 Å². The zero-order valence-corrected chi connectivity index (χ0v) is 6.26. The van der Waals surface area contributed by atoms with E-state index in [2.05, 4.69) is 0 Å². The maximum atomic E-state index is 5.20. The summed E-state index contributed by atoms with van der Waals surface area (Å²) in [4.78, 5) is 0. The second kappa shape index (κ2) is 8.86. The summed E-state index contributed by atoms with van der Waals surface area (Å²) in [6.45, 7) is 0. The Kier molecular flexibility index (Phi) is 19.9. The Balaban J connectivity index is 0. The molecule has 0 rings (SSSR count). The van der Waals surface area contributed by atoms with Crippen molar-refractivity contribution in [1.29, 1.82) is 0 Å². The van der Waals surface area contributed by atoms with E-state index in [1.165, 1.54) is 9.76 Å². The van der Waals surface area contributed by atoms with Gasteiger partial charge in [-0.25, -0.2) is 0 Å². The van der Waals surface area contributed by atoms with Crippen LogP contribution in [-0.4, -0.2) is 35.7 Å². The van der Waals surface area contributed by atoms with Crippen LogP contribution >= 0.6 is 11.1 Å². The predicted molar refractivity (Wildman–Crippen MR) is 35.7 cm³/mol. The molecule has 0 saturated carbocycles. The van der Waals surface area contributed by atoms with E-state index in [1.807, 2.05) is 0 Å². The summed E-state index contributed by atoms with van der Waals surface area (Å²) >= 11 is 5.20. The van der Waals surface area contributed by atoms with Gasteiger partial charge in [-0.2, -0.15) is 11.1 Å². The average Bonchev–Trinajstić information content (AvgIpc) is 0.918. The largest absolute Gasteiger partial charge is 0.181 e. The van der Waals surface area contributed by atoms with E-state index in [1.54, 1.807) is 0 Å². The normalized spacial score (nSPS) is 8.25. The Morgan fingerprint density at radius 2 is 1.75 bits per heavy atom. The van der Waals surface area contributed by atoms with Crippen LogP contribution in [0.3, 0.4) is 0 Å². The molecule has 0 aromatic heterocycles. The van der Waals surface area contributed by atoms with Crippen molar-refractivity contribution < 1.29 is 0 Å². The molecule has 0 bridgehead atoms. The van der Waals surface area contributed by atoms with Crippen molar-refractivity contribution in [2.45, 2.75) is 0 Å². The smallest absolute Gasteiger partial charge is 0.106 e. The van der Waals surface area contributed by atoms with Crippen LogP contribution in [0, 0.1) is 0 Å². The van der Waals surface area contributed by atoms with Gasteiger partial charge in [0.15, 0.2) is 0 Å². The van der Waals surface area contributed by atoms with Gasteiger partial charge >= 0.3 is 17.6 Å². The van der Waals surface area contributed by atoms with Gasteiger partial charge in [-0.15, -0.1) is 0 Å². The second-order valence-electron chi connectivity index (χ2n) is 0.267. The van der Waals surface area contributed by atoms with Crippen molar-refractivity contribution in [1.82, 2.24) is 0 Å². The second-order valence-corrected chi connectivity index (χ2v) is 7.22.